The number of benzene rings is 2. The van der Waals surface area contributed by atoms with Gasteiger partial charge in [0.1, 0.15) is 5.75 Å². The normalized spacial score (nSPS) is 10.9. The van der Waals surface area contributed by atoms with Gasteiger partial charge in [0.25, 0.3) is 5.91 Å². The van der Waals surface area contributed by atoms with Crippen molar-refractivity contribution in [3.63, 3.8) is 0 Å². The first-order valence-corrected chi connectivity index (χ1v) is 9.62. The van der Waals surface area contributed by atoms with Crippen LogP contribution in [-0.2, 0) is 9.59 Å². The minimum atomic E-state index is -0.244. The van der Waals surface area contributed by atoms with E-state index in [2.05, 4.69) is 24.5 Å². The first-order chi connectivity index (χ1) is 13.2. The summed E-state index contributed by atoms with van der Waals surface area (Å²) in [5.41, 5.74) is 4.39. The smallest absolute Gasteiger partial charge is 0.262 e. The Labute approximate surface area is 167 Å². The van der Waals surface area contributed by atoms with E-state index in [4.69, 9.17) is 4.74 Å². The van der Waals surface area contributed by atoms with Gasteiger partial charge in [-0.05, 0) is 54.7 Å². The molecular weight excluding hydrogens is 352 g/mol. The Hall–Kier alpha value is -2.82. The Bertz CT molecular complexity index is 857. The maximum atomic E-state index is 12.4. The molecule has 2 amide bonds. The second-order valence-corrected chi connectivity index (χ2v) is 7.71. The third-order valence-electron chi connectivity index (χ3n) is 4.45. The summed E-state index contributed by atoms with van der Waals surface area (Å²) in [5.74, 6) is 0.621. The average molecular weight is 383 g/mol. The summed E-state index contributed by atoms with van der Waals surface area (Å²) in [7, 11) is 0. The molecule has 2 N–H and O–H groups in total. The van der Waals surface area contributed by atoms with E-state index < -0.39 is 0 Å². The topological polar surface area (TPSA) is 67.4 Å². The molecule has 0 heterocycles. The molecule has 150 valence electrons. The third kappa shape index (κ3) is 5.84. The van der Waals surface area contributed by atoms with Crippen LogP contribution in [0.2, 0.25) is 0 Å². The molecular formula is C23H30N2O3. The molecule has 0 aliphatic heterocycles. The van der Waals surface area contributed by atoms with Gasteiger partial charge in [-0.25, -0.2) is 0 Å². The van der Waals surface area contributed by atoms with Crippen LogP contribution in [0.4, 0.5) is 11.4 Å². The standard InChI is InChI=1S/C23H30N2O3/c1-14(2)19-10-7-16(5)11-21(19)28-13-22(26)25-20-12-18(9-8-17(20)6)24-23(27)15(3)4/h7-12,14-15H,13H2,1-6H3,(H,24,27)(H,25,26). The molecule has 0 aliphatic rings. The van der Waals surface area contributed by atoms with Crippen LogP contribution in [0.1, 0.15) is 50.3 Å². The van der Waals surface area contributed by atoms with Crippen LogP contribution in [0.5, 0.6) is 5.75 Å². The van der Waals surface area contributed by atoms with E-state index in [1.54, 1.807) is 6.07 Å². The molecule has 0 saturated carbocycles. The van der Waals surface area contributed by atoms with E-state index in [1.165, 1.54) is 0 Å². The fourth-order valence-electron chi connectivity index (χ4n) is 2.69. The molecule has 0 aliphatic carbocycles. The highest BCUT2D eigenvalue weighted by Gasteiger charge is 2.12. The highest BCUT2D eigenvalue weighted by Crippen LogP contribution is 2.27. The molecule has 0 aromatic heterocycles. The monoisotopic (exact) mass is 382 g/mol. The Morgan fingerprint density at radius 2 is 1.68 bits per heavy atom. The van der Waals surface area contributed by atoms with Crippen molar-refractivity contribution in [3.05, 3.63) is 53.1 Å². The molecule has 28 heavy (non-hydrogen) atoms. The quantitative estimate of drug-likeness (QED) is 0.705. The highest BCUT2D eigenvalue weighted by atomic mass is 16.5. The molecule has 2 rings (SSSR count). The van der Waals surface area contributed by atoms with Crippen LogP contribution < -0.4 is 15.4 Å². The molecule has 0 saturated heterocycles. The van der Waals surface area contributed by atoms with Crippen molar-refractivity contribution in [1.29, 1.82) is 0 Å². The van der Waals surface area contributed by atoms with Crippen molar-refractivity contribution in [2.24, 2.45) is 5.92 Å². The number of aryl methyl sites for hydroxylation is 2. The minimum Gasteiger partial charge on any atom is -0.483 e. The van der Waals surface area contributed by atoms with Crippen molar-refractivity contribution < 1.29 is 14.3 Å². The number of nitrogens with one attached hydrogen (secondary N) is 2. The zero-order valence-electron chi connectivity index (χ0n) is 17.6. The van der Waals surface area contributed by atoms with Gasteiger partial charge < -0.3 is 15.4 Å². The van der Waals surface area contributed by atoms with Crippen LogP contribution in [0.15, 0.2) is 36.4 Å². The summed E-state index contributed by atoms with van der Waals surface area (Å²) in [6.45, 7) is 11.7. The number of carbonyl (C=O) groups is 2. The van der Waals surface area contributed by atoms with Gasteiger partial charge in [-0.3, -0.25) is 9.59 Å². The van der Waals surface area contributed by atoms with E-state index in [0.717, 1.165) is 22.4 Å². The van der Waals surface area contributed by atoms with E-state index in [-0.39, 0.29) is 24.3 Å². The molecule has 2 aromatic carbocycles. The zero-order chi connectivity index (χ0) is 20.8. The van der Waals surface area contributed by atoms with Gasteiger partial charge in [0.05, 0.1) is 0 Å². The minimum absolute atomic E-state index is 0.0647. The van der Waals surface area contributed by atoms with Crippen LogP contribution in [0, 0.1) is 19.8 Å². The first kappa shape index (κ1) is 21.5. The molecule has 0 atom stereocenters. The molecule has 5 nitrogen and oxygen atoms in total. The van der Waals surface area contributed by atoms with Gasteiger partial charge in [-0.15, -0.1) is 0 Å². The third-order valence-corrected chi connectivity index (χ3v) is 4.45. The number of rotatable bonds is 7. The predicted molar refractivity (Wildman–Crippen MR) is 114 cm³/mol. The van der Waals surface area contributed by atoms with Gasteiger partial charge in [-0.1, -0.05) is 45.9 Å². The fraction of sp³-hybridized carbons (Fsp3) is 0.391. The van der Waals surface area contributed by atoms with Crippen LogP contribution in [0.3, 0.4) is 0 Å². The van der Waals surface area contributed by atoms with Gasteiger partial charge in [0.15, 0.2) is 6.61 Å². The highest BCUT2D eigenvalue weighted by molar-refractivity contribution is 5.95. The molecule has 2 aromatic rings. The number of carbonyl (C=O) groups excluding carboxylic acids is 2. The van der Waals surface area contributed by atoms with E-state index in [0.29, 0.717) is 17.3 Å². The number of hydrogen-bond acceptors (Lipinski definition) is 3. The summed E-state index contributed by atoms with van der Waals surface area (Å²) in [4.78, 5) is 24.3. The van der Waals surface area contributed by atoms with Gasteiger partial charge in [0, 0.05) is 17.3 Å². The summed E-state index contributed by atoms with van der Waals surface area (Å²) in [5, 5.41) is 5.72. The molecule has 0 bridgehead atoms. The van der Waals surface area contributed by atoms with Crippen molar-refractivity contribution in [2.45, 2.75) is 47.5 Å². The van der Waals surface area contributed by atoms with Crippen LogP contribution in [0.25, 0.3) is 0 Å². The maximum Gasteiger partial charge on any atom is 0.262 e. The second-order valence-electron chi connectivity index (χ2n) is 7.71. The largest absolute Gasteiger partial charge is 0.483 e. The molecule has 0 fully saturated rings. The Morgan fingerprint density at radius 1 is 0.964 bits per heavy atom. The van der Waals surface area contributed by atoms with Crippen molar-refractivity contribution in [3.8, 4) is 5.75 Å². The van der Waals surface area contributed by atoms with Gasteiger partial charge >= 0.3 is 0 Å². The Morgan fingerprint density at radius 3 is 2.32 bits per heavy atom. The van der Waals surface area contributed by atoms with Gasteiger partial charge in [-0.2, -0.15) is 0 Å². The lowest BCUT2D eigenvalue weighted by Gasteiger charge is -2.16. The van der Waals surface area contributed by atoms with Gasteiger partial charge in [0.2, 0.25) is 5.91 Å². The molecule has 5 heteroatoms. The van der Waals surface area contributed by atoms with E-state index in [9.17, 15) is 9.59 Å². The average Bonchev–Trinajstić information content (AvgIpc) is 2.62. The maximum absolute atomic E-state index is 12.4. The summed E-state index contributed by atoms with van der Waals surface area (Å²) in [6.07, 6.45) is 0. The predicted octanol–water partition coefficient (Wildman–Crippen LogP) is 5.04. The number of ether oxygens (including phenoxy) is 1. The van der Waals surface area contributed by atoms with Crippen LogP contribution in [-0.4, -0.2) is 18.4 Å². The van der Waals surface area contributed by atoms with Crippen molar-refractivity contribution in [2.75, 3.05) is 17.2 Å². The van der Waals surface area contributed by atoms with Crippen molar-refractivity contribution >= 4 is 23.2 Å². The van der Waals surface area contributed by atoms with E-state index >= 15 is 0 Å². The summed E-state index contributed by atoms with van der Waals surface area (Å²) < 4.78 is 5.80. The molecule has 0 radical (unpaired) electrons. The number of amides is 2. The summed E-state index contributed by atoms with van der Waals surface area (Å²) in [6, 6.07) is 11.5. The lowest BCUT2D eigenvalue weighted by Crippen LogP contribution is -2.22. The number of hydrogen-bond donors (Lipinski definition) is 2. The zero-order valence-corrected chi connectivity index (χ0v) is 17.6. The van der Waals surface area contributed by atoms with Crippen LogP contribution >= 0.6 is 0 Å². The second kappa shape index (κ2) is 9.40. The van der Waals surface area contributed by atoms with Crippen molar-refractivity contribution in [1.82, 2.24) is 0 Å². The fourth-order valence-corrected chi connectivity index (χ4v) is 2.69. The first-order valence-electron chi connectivity index (χ1n) is 9.62. The molecule has 0 unspecified atom stereocenters. The Balaban J connectivity index is 2.05. The Kier molecular flexibility index (Phi) is 7.21. The lowest BCUT2D eigenvalue weighted by molar-refractivity contribution is -0.119. The SMILES string of the molecule is Cc1ccc(C(C)C)c(OCC(=O)Nc2cc(NC(=O)C(C)C)ccc2C)c1. The number of anilines is 2. The lowest BCUT2D eigenvalue weighted by atomic mass is 10.0. The molecule has 0 spiro atoms. The summed E-state index contributed by atoms with van der Waals surface area (Å²) >= 11 is 0. The van der Waals surface area contributed by atoms with E-state index in [1.807, 2.05) is 58.0 Å².